The SMILES string of the molecule is CNC(CO)C(=O)NC(CO)C(=O)NC(CO)C(=O)NCCCCCC(N)=O. The average Bonchev–Trinajstić information content (AvgIpc) is 2.67. The van der Waals surface area contributed by atoms with Crippen LogP contribution in [-0.2, 0) is 19.2 Å². The molecule has 0 spiro atoms. The van der Waals surface area contributed by atoms with E-state index in [2.05, 4.69) is 21.3 Å². The summed E-state index contributed by atoms with van der Waals surface area (Å²) < 4.78 is 0. The third kappa shape index (κ3) is 10.2. The molecule has 0 bridgehead atoms. The topological polar surface area (TPSA) is 203 Å². The Morgan fingerprint density at radius 2 is 1.29 bits per heavy atom. The summed E-state index contributed by atoms with van der Waals surface area (Å²) in [4.78, 5) is 46.7. The predicted octanol–water partition coefficient (Wildman–Crippen LogP) is -4.32. The van der Waals surface area contributed by atoms with E-state index in [0.717, 1.165) is 0 Å². The number of carbonyl (C=O) groups excluding carboxylic acids is 4. The van der Waals surface area contributed by atoms with Crippen molar-refractivity contribution in [1.82, 2.24) is 21.3 Å². The largest absolute Gasteiger partial charge is 0.394 e. The minimum absolute atomic E-state index is 0.266. The van der Waals surface area contributed by atoms with E-state index in [1.807, 2.05) is 0 Å². The van der Waals surface area contributed by atoms with Gasteiger partial charge in [-0.1, -0.05) is 6.42 Å². The maximum atomic E-state index is 12.2. The van der Waals surface area contributed by atoms with Crippen LogP contribution in [0.15, 0.2) is 0 Å². The summed E-state index contributed by atoms with van der Waals surface area (Å²) in [7, 11) is 1.44. The summed E-state index contributed by atoms with van der Waals surface area (Å²) in [6.45, 7) is -1.64. The zero-order valence-electron chi connectivity index (χ0n) is 15.9. The van der Waals surface area contributed by atoms with Crippen LogP contribution in [0.3, 0.4) is 0 Å². The molecule has 3 unspecified atom stereocenters. The monoisotopic (exact) mass is 405 g/mol. The molecular formula is C16H31N5O7. The number of aliphatic hydroxyl groups excluding tert-OH is 3. The fourth-order valence-electron chi connectivity index (χ4n) is 2.17. The second kappa shape index (κ2) is 14.7. The van der Waals surface area contributed by atoms with Crippen LogP contribution in [0.1, 0.15) is 25.7 Å². The number of carbonyl (C=O) groups is 4. The first-order valence-corrected chi connectivity index (χ1v) is 8.97. The molecule has 0 aliphatic carbocycles. The lowest BCUT2D eigenvalue weighted by Crippen LogP contribution is -2.58. The molecule has 0 aromatic heterocycles. The third-order valence-corrected chi connectivity index (χ3v) is 3.88. The zero-order chi connectivity index (χ0) is 21.5. The molecular weight excluding hydrogens is 374 g/mol. The number of aliphatic hydroxyl groups is 3. The van der Waals surface area contributed by atoms with Gasteiger partial charge in [0.15, 0.2) is 0 Å². The van der Waals surface area contributed by atoms with E-state index in [1.54, 1.807) is 0 Å². The molecule has 162 valence electrons. The lowest BCUT2D eigenvalue weighted by atomic mass is 10.2. The van der Waals surface area contributed by atoms with Gasteiger partial charge in [-0.15, -0.1) is 0 Å². The van der Waals surface area contributed by atoms with Gasteiger partial charge >= 0.3 is 0 Å². The van der Waals surface area contributed by atoms with E-state index >= 15 is 0 Å². The molecule has 9 N–H and O–H groups in total. The Kier molecular flexibility index (Phi) is 13.5. The van der Waals surface area contributed by atoms with Crippen molar-refractivity contribution >= 4 is 23.6 Å². The van der Waals surface area contributed by atoms with E-state index in [1.165, 1.54) is 7.05 Å². The minimum Gasteiger partial charge on any atom is -0.394 e. The average molecular weight is 405 g/mol. The molecule has 0 fully saturated rings. The lowest BCUT2D eigenvalue weighted by molar-refractivity contribution is -0.134. The van der Waals surface area contributed by atoms with E-state index < -0.39 is 61.6 Å². The Balaban J connectivity index is 4.47. The van der Waals surface area contributed by atoms with Crippen LogP contribution in [0.25, 0.3) is 0 Å². The van der Waals surface area contributed by atoms with Crippen LogP contribution < -0.4 is 27.0 Å². The molecule has 0 saturated heterocycles. The number of rotatable bonds is 15. The third-order valence-electron chi connectivity index (χ3n) is 3.88. The van der Waals surface area contributed by atoms with Gasteiger partial charge in [0.2, 0.25) is 23.6 Å². The zero-order valence-corrected chi connectivity index (χ0v) is 15.9. The molecule has 0 heterocycles. The van der Waals surface area contributed by atoms with Gasteiger partial charge in [0.25, 0.3) is 0 Å². The predicted molar refractivity (Wildman–Crippen MR) is 98.6 cm³/mol. The Hall–Kier alpha value is -2.28. The molecule has 0 saturated carbocycles. The number of unbranched alkanes of at least 4 members (excludes halogenated alkanes) is 2. The molecule has 0 aliphatic rings. The Labute approximate surface area is 163 Å². The van der Waals surface area contributed by atoms with Gasteiger partial charge in [0.05, 0.1) is 19.8 Å². The van der Waals surface area contributed by atoms with Crippen LogP contribution in [0.2, 0.25) is 0 Å². The molecule has 12 heteroatoms. The van der Waals surface area contributed by atoms with E-state index in [4.69, 9.17) is 10.8 Å². The second-order valence-corrected chi connectivity index (χ2v) is 6.08. The maximum absolute atomic E-state index is 12.2. The van der Waals surface area contributed by atoms with Crippen LogP contribution in [0, 0.1) is 0 Å². The van der Waals surface area contributed by atoms with Crippen LogP contribution in [0.5, 0.6) is 0 Å². The van der Waals surface area contributed by atoms with Crippen molar-refractivity contribution in [2.75, 3.05) is 33.4 Å². The highest BCUT2D eigenvalue weighted by Crippen LogP contribution is 1.98. The normalized spacial score (nSPS) is 13.9. The summed E-state index contributed by atoms with van der Waals surface area (Å²) in [5, 5.41) is 37.2. The first-order valence-electron chi connectivity index (χ1n) is 8.97. The van der Waals surface area contributed by atoms with Crippen LogP contribution >= 0.6 is 0 Å². The van der Waals surface area contributed by atoms with Crippen molar-refractivity contribution in [2.45, 2.75) is 43.8 Å². The Bertz CT molecular complexity index is 514. The number of nitrogens with one attached hydrogen (secondary N) is 4. The Morgan fingerprint density at radius 3 is 1.75 bits per heavy atom. The highest BCUT2D eigenvalue weighted by atomic mass is 16.3. The Morgan fingerprint density at radius 1 is 0.786 bits per heavy atom. The summed E-state index contributed by atoms with van der Waals surface area (Å²) >= 11 is 0. The molecule has 3 atom stereocenters. The molecule has 0 radical (unpaired) electrons. The maximum Gasteiger partial charge on any atom is 0.245 e. The van der Waals surface area contributed by atoms with Crippen molar-refractivity contribution in [3.05, 3.63) is 0 Å². The summed E-state index contributed by atoms with van der Waals surface area (Å²) in [6, 6.07) is -3.58. The second-order valence-electron chi connectivity index (χ2n) is 6.08. The van der Waals surface area contributed by atoms with E-state index in [-0.39, 0.29) is 13.0 Å². The molecule has 0 rings (SSSR count). The molecule has 0 aromatic carbocycles. The van der Waals surface area contributed by atoms with Crippen molar-refractivity contribution in [2.24, 2.45) is 5.73 Å². The van der Waals surface area contributed by atoms with Crippen LogP contribution in [-0.4, -0.2) is 90.5 Å². The van der Waals surface area contributed by atoms with Gasteiger partial charge in [-0.25, -0.2) is 0 Å². The smallest absolute Gasteiger partial charge is 0.245 e. The molecule has 12 nitrogen and oxygen atoms in total. The lowest BCUT2D eigenvalue weighted by Gasteiger charge is -2.22. The van der Waals surface area contributed by atoms with Gasteiger partial charge in [-0.05, 0) is 19.9 Å². The highest BCUT2D eigenvalue weighted by Gasteiger charge is 2.27. The highest BCUT2D eigenvalue weighted by molar-refractivity contribution is 5.93. The quantitative estimate of drug-likeness (QED) is 0.125. The minimum atomic E-state index is -1.36. The number of likely N-dealkylation sites (N-methyl/N-ethyl adjacent to an activating group) is 1. The fourth-order valence-corrected chi connectivity index (χ4v) is 2.17. The molecule has 0 aliphatic heterocycles. The fraction of sp³-hybridized carbons (Fsp3) is 0.750. The number of hydrogen-bond donors (Lipinski definition) is 8. The summed E-state index contributed by atoms with van der Waals surface area (Å²) in [5.41, 5.74) is 5.02. The van der Waals surface area contributed by atoms with Gasteiger partial charge < -0.3 is 42.3 Å². The molecule has 28 heavy (non-hydrogen) atoms. The first kappa shape index (κ1) is 25.7. The first-order chi connectivity index (χ1) is 13.3. The van der Waals surface area contributed by atoms with Gasteiger partial charge in [0, 0.05) is 13.0 Å². The number of hydrogen-bond acceptors (Lipinski definition) is 8. The van der Waals surface area contributed by atoms with Gasteiger partial charge in [0.1, 0.15) is 18.1 Å². The van der Waals surface area contributed by atoms with Crippen molar-refractivity contribution in [3.63, 3.8) is 0 Å². The number of primary amides is 1. The van der Waals surface area contributed by atoms with Crippen molar-refractivity contribution < 1.29 is 34.5 Å². The van der Waals surface area contributed by atoms with Crippen LogP contribution in [0.4, 0.5) is 0 Å². The summed E-state index contributed by atoms with van der Waals surface area (Å²) in [6.07, 6.45) is 2.13. The van der Waals surface area contributed by atoms with Gasteiger partial charge in [-0.2, -0.15) is 0 Å². The van der Waals surface area contributed by atoms with Crippen molar-refractivity contribution in [1.29, 1.82) is 0 Å². The standard InChI is InChI=1S/C16H31N5O7/c1-18-10(7-22)15(27)21-12(9-24)16(28)20-11(8-23)14(26)19-6-4-2-3-5-13(17)25/h10-12,18,22-24H,2-9H2,1H3,(H2,17,25)(H,19,26)(H,20,28)(H,21,27). The number of amides is 4. The molecule has 4 amide bonds. The van der Waals surface area contributed by atoms with E-state index in [0.29, 0.717) is 19.3 Å². The van der Waals surface area contributed by atoms with Gasteiger partial charge in [-0.3, -0.25) is 19.2 Å². The van der Waals surface area contributed by atoms with Crippen molar-refractivity contribution in [3.8, 4) is 0 Å². The molecule has 0 aromatic rings. The number of nitrogens with two attached hydrogens (primary N) is 1. The summed E-state index contributed by atoms with van der Waals surface area (Å²) in [5.74, 6) is -2.59. The van der Waals surface area contributed by atoms with E-state index in [9.17, 15) is 29.4 Å².